The number of nitrogens with two attached hydrogens (primary N) is 1. The predicted molar refractivity (Wildman–Crippen MR) is 176 cm³/mol. The Labute approximate surface area is 270 Å². The number of benzene rings is 3. The Balaban J connectivity index is 1.07. The van der Waals surface area contributed by atoms with E-state index in [1.807, 2.05) is 60.7 Å². The van der Waals surface area contributed by atoms with Crippen molar-refractivity contribution in [1.29, 1.82) is 0 Å². The number of nitrogens with zero attached hydrogens (tertiary/aromatic N) is 1. The Morgan fingerprint density at radius 1 is 0.870 bits per heavy atom. The van der Waals surface area contributed by atoms with Crippen LogP contribution in [0.2, 0.25) is 0 Å². The lowest BCUT2D eigenvalue weighted by Gasteiger charge is -2.37. The van der Waals surface area contributed by atoms with Crippen molar-refractivity contribution in [1.82, 2.24) is 10.2 Å². The van der Waals surface area contributed by atoms with Gasteiger partial charge in [0, 0.05) is 51.0 Å². The van der Waals surface area contributed by atoms with Crippen molar-refractivity contribution < 1.29 is 29.3 Å². The minimum atomic E-state index is -0.551. The Morgan fingerprint density at radius 3 is 2.26 bits per heavy atom. The number of amides is 2. The van der Waals surface area contributed by atoms with Gasteiger partial charge in [0.25, 0.3) is 0 Å². The van der Waals surface area contributed by atoms with Crippen LogP contribution in [0.3, 0.4) is 0 Å². The van der Waals surface area contributed by atoms with E-state index >= 15 is 0 Å². The number of nitrogen functional groups attached to an aromatic ring is 1. The van der Waals surface area contributed by atoms with Crippen molar-refractivity contribution in [2.45, 2.75) is 82.7 Å². The first-order chi connectivity index (χ1) is 22.4. The van der Waals surface area contributed by atoms with Gasteiger partial charge in [-0.2, -0.15) is 0 Å². The number of hydrogen-bond donors (Lipinski definition) is 5. The van der Waals surface area contributed by atoms with Crippen LogP contribution in [0.25, 0.3) is 0 Å². The molecule has 46 heavy (non-hydrogen) atoms. The van der Waals surface area contributed by atoms with Crippen LogP contribution < -0.4 is 16.4 Å². The molecular weight excluding hydrogens is 584 g/mol. The fourth-order valence-electron chi connectivity index (χ4n) is 5.95. The molecule has 5 rings (SSSR count). The van der Waals surface area contributed by atoms with Gasteiger partial charge in [-0.25, -0.2) is 0 Å². The third-order valence-electron chi connectivity index (χ3n) is 8.61. The highest BCUT2D eigenvalue weighted by molar-refractivity contribution is 5.93. The van der Waals surface area contributed by atoms with E-state index in [1.165, 1.54) is 0 Å². The summed E-state index contributed by atoms with van der Waals surface area (Å²) in [6, 6.07) is 22.9. The van der Waals surface area contributed by atoms with Gasteiger partial charge < -0.3 is 36.1 Å². The fraction of sp³-hybridized carbons (Fsp3) is 0.444. The van der Waals surface area contributed by atoms with Crippen LogP contribution in [0.4, 0.5) is 11.4 Å². The maximum absolute atomic E-state index is 12.4. The van der Waals surface area contributed by atoms with Gasteiger partial charge in [-0.1, -0.05) is 67.1 Å². The fourth-order valence-corrected chi connectivity index (χ4v) is 5.95. The van der Waals surface area contributed by atoms with Crippen LogP contribution in [0.15, 0.2) is 72.8 Å². The second-order valence-electron chi connectivity index (χ2n) is 12.3. The molecule has 2 amide bonds. The van der Waals surface area contributed by atoms with Crippen LogP contribution in [0.5, 0.6) is 0 Å². The second-order valence-corrected chi connectivity index (χ2v) is 12.3. The Kier molecular flexibility index (Phi) is 12.2. The molecule has 2 aliphatic rings. The summed E-state index contributed by atoms with van der Waals surface area (Å²) < 4.78 is 12.9. The minimum absolute atomic E-state index is 0.00351. The number of ether oxygens (including phenoxy) is 2. The first-order valence-corrected chi connectivity index (χ1v) is 16.3. The molecule has 4 unspecified atom stereocenters. The lowest BCUT2D eigenvalue weighted by molar-refractivity contribution is -0.252. The number of rotatable bonds is 14. The van der Waals surface area contributed by atoms with E-state index in [2.05, 4.69) is 15.5 Å². The second kappa shape index (κ2) is 16.7. The van der Waals surface area contributed by atoms with Crippen LogP contribution in [0.1, 0.15) is 79.6 Å². The maximum atomic E-state index is 12.4. The lowest BCUT2D eigenvalue weighted by atomic mass is 9.99. The number of carbonyl (C=O) groups is 2. The van der Waals surface area contributed by atoms with Crippen LogP contribution in [0, 0.1) is 0 Å². The van der Waals surface area contributed by atoms with E-state index in [-0.39, 0.29) is 36.7 Å². The summed E-state index contributed by atoms with van der Waals surface area (Å²) in [6.07, 6.45) is 3.39. The zero-order valence-electron chi connectivity index (χ0n) is 26.3. The molecule has 3 aromatic rings. The van der Waals surface area contributed by atoms with Crippen LogP contribution >= 0.6 is 0 Å². The number of likely N-dealkylation sites (tertiary alicyclic amines) is 1. The summed E-state index contributed by atoms with van der Waals surface area (Å²) in [7, 11) is 0. The highest BCUT2D eigenvalue weighted by atomic mass is 16.7. The predicted octanol–water partition coefficient (Wildman–Crippen LogP) is 4.58. The van der Waals surface area contributed by atoms with Crippen molar-refractivity contribution in [3.63, 3.8) is 0 Å². The van der Waals surface area contributed by atoms with Gasteiger partial charge in [0.2, 0.25) is 11.8 Å². The highest BCUT2D eigenvalue weighted by Gasteiger charge is 2.34. The molecule has 10 heteroatoms. The largest absolute Gasteiger partial charge is 0.397 e. The molecule has 0 saturated carbocycles. The molecule has 0 radical (unpaired) electrons. The van der Waals surface area contributed by atoms with Gasteiger partial charge in [0.05, 0.1) is 36.3 Å². The van der Waals surface area contributed by atoms with Crippen molar-refractivity contribution in [2.24, 2.45) is 0 Å². The summed E-state index contributed by atoms with van der Waals surface area (Å²) in [5.41, 5.74) is 10.8. The smallest absolute Gasteiger partial charge is 0.224 e. The number of aliphatic hydroxyl groups is 2. The van der Waals surface area contributed by atoms with E-state index in [1.54, 1.807) is 12.1 Å². The molecule has 2 heterocycles. The van der Waals surface area contributed by atoms with Gasteiger partial charge in [0.1, 0.15) is 0 Å². The van der Waals surface area contributed by atoms with Gasteiger partial charge in [-0.05, 0) is 48.1 Å². The first-order valence-electron chi connectivity index (χ1n) is 16.3. The van der Waals surface area contributed by atoms with E-state index in [9.17, 15) is 19.8 Å². The van der Waals surface area contributed by atoms with Crippen LogP contribution in [-0.2, 0) is 32.2 Å². The van der Waals surface area contributed by atoms with Gasteiger partial charge >= 0.3 is 0 Å². The topological polar surface area (TPSA) is 146 Å². The molecule has 6 N–H and O–H groups in total. The molecule has 2 fully saturated rings. The monoisotopic (exact) mass is 630 g/mol. The molecule has 0 bridgehead atoms. The zero-order valence-corrected chi connectivity index (χ0v) is 26.3. The van der Waals surface area contributed by atoms with Gasteiger partial charge in [-0.3, -0.25) is 14.5 Å². The number of hydrogen-bond acceptors (Lipinski definition) is 8. The van der Waals surface area contributed by atoms with Gasteiger partial charge in [-0.15, -0.1) is 0 Å². The molecule has 246 valence electrons. The summed E-state index contributed by atoms with van der Waals surface area (Å²) in [5, 5.41) is 25.3. The standard InChI is InChI=1S/C36H46N4O6/c37-31-6-4-5-7-32(31)39-35(44)9-3-1-2-8-34(43)38-21-25-10-16-28(17-11-25)36-45-30(23-40-19-18-29(42)22-40)20-33(46-36)27-14-12-26(24-41)13-15-27/h4-7,10-17,29-30,33,36,41-42H,1-3,8-9,18-24,37H2,(H,38,43)(H,39,44). The number of carbonyl (C=O) groups excluding carboxylic acids is 2. The number of β-amino-alcohol motifs (C(OH)–C–C–N with tert-alkyl or cyclic N) is 1. The molecule has 2 saturated heterocycles. The Morgan fingerprint density at radius 2 is 1.57 bits per heavy atom. The molecule has 0 spiro atoms. The third kappa shape index (κ3) is 9.85. The van der Waals surface area contributed by atoms with E-state index in [0.29, 0.717) is 56.6 Å². The average molecular weight is 631 g/mol. The van der Waals surface area contributed by atoms with Crippen molar-refractivity contribution in [3.8, 4) is 0 Å². The number of unbranched alkanes of at least 4 members (excludes halogenated alkanes) is 2. The average Bonchev–Trinajstić information content (AvgIpc) is 3.48. The van der Waals surface area contributed by atoms with Gasteiger partial charge in [0.15, 0.2) is 6.29 Å². The number of anilines is 2. The van der Waals surface area contributed by atoms with Crippen molar-refractivity contribution in [3.05, 3.63) is 95.1 Å². The lowest BCUT2D eigenvalue weighted by Crippen LogP contribution is -2.38. The van der Waals surface area contributed by atoms with E-state index in [4.69, 9.17) is 15.2 Å². The molecule has 10 nitrogen and oxygen atoms in total. The minimum Gasteiger partial charge on any atom is -0.397 e. The Hall–Kier alpha value is -3.80. The van der Waals surface area contributed by atoms with Crippen LogP contribution in [-0.4, -0.2) is 58.8 Å². The van der Waals surface area contributed by atoms with Crippen molar-refractivity contribution in [2.75, 3.05) is 30.7 Å². The normalized spacial score (nSPS) is 21.6. The van der Waals surface area contributed by atoms with Crippen molar-refractivity contribution >= 4 is 23.2 Å². The number of aliphatic hydroxyl groups excluding tert-OH is 2. The number of para-hydroxylation sites is 2. The SMILES string of the molecule is Nc1ccccc1NC(=O)CCCCCC(=O)NCc1ccc(C2OC(CN3CCC(O)C3)CC(c3ccc(CO)cc3)O2)cc1. The molecule has 3 aromatic carbocycles. The van der Waals surface area contributed by atoms with E-state index in [0.717, 1.165) is 48.2 Å². The zero-order chi connectivity index (χ0) is 32.3. The number of nitrogens with one attached hydrogen (secondary N) is 2. The third-order valence-corrected chi connectivity index (χ3v) is 8.61. The summed E-state index contributed by atoms with van der Waals surface area (Å²) >= 11 is 0. The summed E-state index contributed by atoms with van der Waals surface area (Å²) in [6.45, 7) is 2.65. The highest BCUT2D eigenvalue weighted by Crippen LogP contribution is 2.38. The summed E-state index contributed by atoms with van der Waals surface area (Å²) in [4.78, 5) is 26.8. The molecule has 0 aromatic heterocycles. The Bertz CT molecular complexity index is 1420. The molecule has 0 aliphatic carbocycles. The molecular formula is C36H46N4O6. The molecule has 4 atom stereocenters. The first kappa shape index (κ1) is 33.6. The summed E-state index contributed by atoms with van der Waals surface area (Å²) in [5.74, 6) is -0.0986. The molecule has 2 aliphatic heterocycles. The quantitative estimate of drug-likeness (QED) is 0.129. The van der Waals surface area contributed by atoms with E-state index < -0.39 is 6.29 Å². The maximum Gasteiger partial charge on any atom is 0.224 e.